The Morgan fingerprint density at radius 3 is 2.57 bits per heavy atom. The Balaban J connectivity index is 1.78. The second-order valence-corrected chi connectivity index (χ2v) is 6.36. The van der Waals surface area contributed by atoms with Gasteiger partial charge in [0.2, 0.25) is 0 Å². The Morgan fingerprint density at radius 1 is 1.13 bits per heavy atom. The van der Waals surface area contributed by atoms with Gasteiger partial charge in [-0.1, -0.05) is 48.9 Å². The third-order valence-electron chi connectivity index (χ3n) is 4.75. The molecule has 2 aromatic carbocycles. The minimum absolute atomic E-state index is 0.352. The number of rotatable bonds is 4. The number of carboxylic acid groups (broad SMARTS) is 1. The molecule has 23 heavy (non-hydrogen) atoms. The first-order valence-corrected chi connectivity index (χ1v) is 8.31. The van der Waals surface area contributed by atoms with Crippen LogP contribution in [0.4, 0.5) is 0 Å². The highest BCUT2D eigenvalue weighted by Crippen LogP contribution is 2.25. The highest BCUT2D eigenvalue weighted by Gasteiger charge is 2.18. The molecule has 120 valence electrons. The Hall–Kier alpha value is -2.13. The number of carbonyl (C=O) groups is 1. The summed E-state index contributed by atoms with van der Waals surface area (Å²) in [5.74, 6) is -0.883. The van der Waals surface area contributed by atoms with Gasteiger partial charge in [-0.05, 0) is 49.1 Å². The van der Waals surface area contributed by atoms with E-state index in [-0.39, 0.29) is 0 Å². The van der Waals surface area contributed by atoms with Crippen LogP contribution < -0.4 is 0 Å². The molecule has 0 aromatic heterocycles. The number of aromatic carboxylic acids is 1. The van der Waals surface area contributed by atoms with E-state index in [9.17, 15) is 9.90 Å². The number of carboxylic acids is 1. The quantitative estimate of drug-likeness (QED) is 0.908. The van der Waals surface area contributed by atoms with Gasteiger partial charge < -0.3 is 5.11 Å². The Labute approximate surface area is 137 Å². The third-order valence-corrected chi connectivity index (χ3v) is 4.75. The molecule has 3 heteroatoms. The van der Waals surface area contributed by atoms with Crippen molar-refractivity contribution in [3.05, 3.63) is 59.7 Å². The predicted molar refractivity (Wildman–Crippen MR) is 92.6 cm³/mol. The maximum absolute atomic E-state index is 11.4. The highest BCUT2D eigenvalue weighted by atomic mass is 16.4. The van der Waals surface area contributed by atoms with Gasteiger partial charge in [-0.3, -0.25) is 4.90 Å². The van der Waals surface area contributed by atoms with Crippen molar-refractivity contribution in [2.75, 3.05) is 6.54 Å². The second kappa shape index (κ2) is 6.97. The maximum atomic E-state index is 11.4. The predicted octanol–water partition coefficient (Wildman–Crippen LogP) is 4.43. The van der Waals surface area contributed by atoms with Crippen LogP contribution in [-0.2, 0) is 6.54 Å². The molecular weight excluding hydrogens is 286 g/mol. The van der Waals surface area contributed by atoms with Crippen LogP contribution in [0.3, 0.4) is 0 Å². The van der Waals surface area contributed by atoms with Crippen LogP contribution in [-0.4, -0.2) is 28.6 Å². The fourth-order valence-electron chi connectivity index (χ4n) is 3.34. The molecule has 1 fully saturated rings. The smallest absolute Gasteiger partial charge is 0.336 e. The van der Waals surface area contributed by atoms with Crippen molar-refractivity contribution in [3.8, 4) is 11.1 Å². The summed E-state index contributed by atoms with van der Waals surface area (Å²) in [5.41, 5.74) is 3.37. The molecule has 0 aliphatic carbocycles. The van der Waals surface area contributed by atoms with Crippen molar-refractivity contribution in [1.82, 2.24) is 4.90 Å². The average Bonchev–Trinajstić information content (AvgIpc) is 2.58. The van der Waals surface area contributed by atoms with Gasteiger partial charge in [-0.2, -0.15) is 0 Å². The van der Waals surface area contributed by atoms with Crippen LogP contribution in [0.1, 0.15) is 42.1 Å². The molecule has 0 spiro atoms. The van der Waals surface area contributed by atoms with E-state index in [4.69, 9.17) is 0 Å². The fraction of sp³-hybridized carbons (Fsp3) is 0.350. The van der Waals surface area contributed by atoms with E-state index in [1.54, 1.807) is 12.1 Å². The van der Waals surface area contributed by atoms with Crippen molar-refractivity contribution < 1.29 is 9.90 Å². The number of piperidine rings is 1. The molecule has 1 aliphatic rings. The Kier molecular flexibility index (Phi) is 4.77. The first kappa shape index (κ1) is 15.8. The molecule has 0 bridgehead atoms. The highest BCUT2D eigenvalue weighted by molar-refractivity contribution is 5.95. The molecule has 0 unspecified atom stereocenters. The monoisotopic (exact) mass is 309 g/mol. The summed E-state index contributed by atoms with van der Waals surface area (Å²) in [6.07, 6.45) is 3.90. The molecule has 0 saturated carbocycles. The van der Waals surface area contributed by atoms with Gasteiger partial charge in [-0.25, -0.2) is 4.79 Å². The maximum Gasteiger partial charge on any atom is 0.336 e. The SMILES string of the molecule is C[C@@H]1CCCCN1Cc1ccc(-c2ccccc2C(=O)O)cc1. The molecule has 1 aliphatic heterocycles. The van der Waals surface area contributed by atoms with Crippen molar-refractivity contribution in [2.24, 2.45) is 0 Å². The Bertz CT molecular complexity index is 678. The van der Waals surface area contributed by atoms with Crippen molar-refractivity contribution in [2.45, 2.75) is 38.8 Å². The van der Waals surface area contributed by atoms with Crippen LogP contribution in [0.15, 0.2) is 48.5 Å². The van der Waals surface area contributed by atoms with Gasteiger partial charge in [-0.15, -0.1) is 0 Å². The molecular formula is C20H23NO2. The standard InChI is InChI=1S/C20H23NO2/c1-15-6-4-5-13-21(15)14-16-9-11-17(12-10-16)18-7-2-3-8-19(18)20(22)23/h2-3,7-12,15H,4-6,13-14H2,1H3,(H,22,23)/t15-/m1/s1. The van der Waals surface area contributed by atoms with Gasteiger partial charge >= 0.3 is 5.97 Å². The van der Waals surface area contributed by atoms with Crippen molar-refractivity contribution in [1.29, 1.82) is 0 Å². The van der Waals surface area contributed by atoms with E-state index in [1.165, 1.54) is 31.4 Å². The number of hydrogen-bond donors (Lipinski definition) is 1. The summed E-state index contributed by atoms with van der Waals surface area (Å²) in [6, 6.07) is 16.1. The molecule has 1 N–H and O–H groups in total. The molecule has 3 nitrogen and oxygen atoms in total. The zero-order chi connectivity index (χ0) is 16.2. The van der Waals surface area contributed by atoms with Crippen LogP contribution >= 0.6 is 0 Å². The van der Waals surface area contributed by atoms with Crippen LogP contribution in [0.25, 0.3) is 11.1 Å². The zero-order valence-electron chi connectivity index (χ0n) is 13.5. The normalized spacial score (nSPS) is 18.7. The lowest BCUT2D eigenvalue weighted by Crippen LogP contribution is -2.36. The van der Waals surface area contributed by atoms with E-state index in [0.717, 1.165) is 17.7 Å². The first-order valence-electron chi connectivity index (χ1n) is 8.31. The van der Waals surface area contributed by atoms with E-state index in [0.29, 0.717) is 11.6 Å². The van der Waals surface area contributed by atoms with Gasteiger partial charge in [0.05, 0.1) is 5.56 Å². The summed E-state index contributed by atoms with van der Waals surface area (Å²) >= 11 is 0. The number of hydrogen-bond acceptors (Lipinski definition) is 2. The van der Waals surface area contributed by atoms with Crippen LogP contribution in [0.2, 0.25) is 0 Å². The molecule has 3 rings (SSSR count). The summed E-state index contributed by atoms with van der Waals surface area (Å²) < 4.78 is 0. The van der Waals surface area contributed by atoms with Gasteiger partial charge in [0, 0.05) is 12.6 Å². The summed E-state index contributed by atoms with van der Waals surface area (Å²) in [7, 11) is 0. The third kappa shape index (κ3) is 3.62. The second-order valence-electron chi connectivity index (χ2n) is 6.36. The van der Waals surface area contributed by atoms with E-state index in [2.05, 4.69) is 24.0 Å². The number of nitrogens with zero attached hydrogens (tertiary/aromatic N) is 1. The minimum atomic E-state index is -0.883. The molecule has 1 atom stereocenters. The molecule has 1 saturated heterocycles. The van der Waals surface area contributed by atoms with E-state index < -0.39 is 5.97 Å². The summed E-state index contributed by atoms with van der Waals surface area (Å²) in [6.45, 7) is 4.45. The van der Waals surface area contributed by atoms with Crippen molar-refractivity contribution in [3.63, 3.8) is 0 Å². The lowest BCUT2D eigenvalue weighted by Gasteiger charge is -2.33. The minimum Gasteiger partial charge on any atom is -0.478 e. The van der Waals surface area contributed by atoms with Gasteiger partial charge in [0.1, 0.15) is 0 Å². The summed E-state index contributed by atoms with van der Waals surface area (Å²) in [5, 5.41) is 9.32. The van der Waals surface area contributed by atoms with E-state index >= 15 is 0 Å². The molecule has 0 amide bonds. The number of likely N-dealkylation sites (tertiary alicyclic amines) is 1. The number of benzene rings is 2. The largest absolute Gasteiger partial charge is 0.478 e. The Morgan fingerprint density at radius 2 is 1.87 bits per heavy atom. The van der Waals surface area contributed by atoms with E-state index in [1.807, 2.05) is 24.3 Å². The topological polar surface area (TPSA) is 40.5 Å². The lowest BCUT2D eigenvalue weighted by molar-refractivity contribution is 0.0697. The molecule has 1 heterocycles. The zero-order valence-corrected chi connectivity index (χ0v) is 13.5. The lowest BCUT2D eigenvalue weighted by atomic mass is 9.98. The average molecular weight is 309 g/mol. The fourth-order valence-corrected chi connectivity index (χ4v) is 3.34. The van der Waals surface area contributed by atoms with Crippen LogP contribution in [0, 0.1) is 0 Å². The van der Waals surface area contributed by atoms with Gasteiger partial charge in [0.25, 0.3) is 0 Å². The van der Waals surface area contributed by atoms with Crippen molar-refractivity contribution >= 4 is 5.97 Å². The first-order chi connectivity index (χ1) is 11.1. The van der Waals surface area contributed by atoms with Gasteiger partial charge in [0.15, 0.2) is 0 Å². The van der Waals surface area contributed by atoms with Crippen LogP contribution in [0.5, 0.6) is 0 Å². The molecule has 2 aromatic rings. The molecule has 0 radical (unpaired) electrons. The summed E-state index contributed by atoms with van der Waals surface area (Å²) in [4.78, 5) is 13.9.